The molecule has 4 nitrogen and oxygen atoms in total. The van der Waals surface area contributed by atoms with Crippen LogP contribution < -0.4 is 5.32 Å². The molecule has 21 heavy (non-hydrogen) atoms. The van der Waals surface area contributed by atoms with E-state index in [1.54, 1.807) is 0 Å². The molecular formula is C17H18N4. The number of benzene rings is 1. The number of nitrogens with zero attached hydrogens (tertiary/aromatic N) is 3. The monoisotopic (exact) mass is 278 g/mol. The topological polar surface area (TPSA) is 42.2 Å². The molecule has 2 heterocycles. The first kappa shape index (κ1) is 12.4. The zero-order valence-electron chi connectivity index (χ0n) is 12.1. The average molecular weight is 278 g/mol. The van der Waals surface area contributed by atoms with Gasteiger partial charge in [-0.15, -0.1) is 5.10 Å². The van der Waals surface area contributed by atoms with Crippen LogP contribution in [0.4, 0.5) is 5.95 Å². The van der Waals surface area contributed by atoms with Gasteiger partial charge in [0.25, 0.3) is 0 Å². The van der Waals surface area contributed by atoms with Gasteiger partial charge >= 0.3 is 0 Å². The molecule has 1 aliphatic carbocycles. The maximum absolute atomic E-state index is 4.54. The van der Waals surface area contributed by atoms with Gasteiger partial charge in [0.1, 0.15) is 0 Å². The molecule has 106 valence electrons. The van der Waals surface area contributed by atoms with Gasteiger partial charge in [0.2, 0.25) is 5.95 Å². The minimum Gasteiger partial charge on any atom is -0.350 e. The Morgan fingerprint density at radius 2 is 2.00 bits per heavy atom. The van der Waals surface area contributed by atoms with Crippen LogP contribution in [0.1, 0.15) is 23.1 Å². The fourth-order valence-electron chi connectivity index (χ4n) is 3.05. The van der Waals surface area contributed by atoms with Crippen LogP contribution in [0.2, 0.25) is 0 Å². The summed E-state index contributed by atoms with van der Waals surface area (Å²) in [6, 6.07) is 13.2. The zero-order chi connectivity index (χ0) is 14.2. The number of nitrogens with one attached hydrogen (secondary N) is 1. The van der Waals surface area contributed by atoms with Crippen LogP contribution in [0.5, 0.6) is 0 Å². The summed E-state index contributed by atoms with van der Waals surface area (Å²) < 4.78 is 1.84. The largest absolute Gasteiger partial charge is 0.350 e. The smallest absolute Gasteiger partial charge is 0.243 e. The van der Waals surface area contributed by atoms with Gasteiger partial charge in [0.05, 0.1) is 0 Å². The molecule has 4 heteroatoms. The summed E-state index contributed by atoms with van der Waals surface area (Å²) in [7, 11) is 0. The van der Waals surface area contributed by atoms with Crippen LogP contribution in [0.15, 0.2) is 42.6 Å². The number of anilines is 1. The Bertz CT molecular complexity index is 790. The second-order valence-electron chi connectivity index (χ2n) is 5.80. The van der Waals surface area contributed by atoms with E-state index in [9.17, 15) is 0 Å². The summed E-state index contributed by atoms with van der Waals surface area (Å²) in [5.74, 6) is 0.727. The van der Waals surface area contributed by atoms with E-state index >= 15 is 0 Å². The number of aryl methyl sites for hydroxylation is 2. The molecule has 0 radical (unpaired) electrons. The standard InChI is InChI=1S/C17H18N4/c1-12-6-9-16-19-17(20-21(16)11-12)18-15-8-7-13-4-2-3-5-14(13)10-15/h2-6,9,11,15H,7-8,10H2,1H3,(H,18,20). The van der Waals surface area contributed by atoms with Gasteiger partial charge in [-0.1, -0.05) is 30.3 Å². The highest BCUT2D eigenvalue weighted by molar-refractivity contribution is 5.45. The van der Waals surface area contributed by atoms with Gasteiger partial charge in [-0.05, 0) is 48.9 Å². The first-order chi connectivity index (χ1) is 10.3. The van der Waals surface area contributed by atoms with E-state index in [0.29, 0.717) is 6.04 Å². The highest BCUT2D eigenvalue weighted by Gasteiger charge is 2.19. The summed E-state index contributed by atoms with van der Waals surface area (Å²) in [5, 5.41) is 8.01. The molecule has 1 N–H and O–H groups in total. The van der Waals surface area contributed by atoms with E-state index in [-0.39, 0.29) is 0 Å². The quantitative estimate of drug-likeness (QED) is 0.783. The summed E-state index contributed by atoms with van der Waals surface area (Å²) in [5.41, 5.74) is 5.00. The van der Waals surface area contributed by atoms with E-state index in [4.69, 9.17) is 0 Å². The number of aromatic nitrogens is 3. The Morgan fingerprint density at radius 3 is 2.90 bits per heavy atom. The van der Waals surface area contributed by atoms with Crippen molar-refractivity contribution >= 4 is 11.6 Å². The third kappa shape index (κ3) is 2.37. The average Bonchev–Trinajstić information content (AvgIpc) is 2.88. The van der Waals surface area contributed by atoms with Crippen LogP contribution in [-0.4, -0.2) is 20.6 Å². The third-order valence-electron chi connectivity index (χ3n) is 4.16. The zero-order valence-corrected chi connectivity index (χ0v) is 12.1. The molecule has 3 aromatic rings. The van der Waals surface area contributed by atoms with Crippen LogP contribution in [0.25, 0.3) is 5.65 Å². The molecule has 4 rings (SSSR count). The Kier molecular flexibility index (Phi) is 2.88. The van der Waals surface area contributed by atoms with Crippen LogP contribution in [0, 0.1) is 6.92 Å². The molecule has 1 atom stereocenters. The maximum atomic E-state index is 4.54. The summed E-state index contributed by atoms with van der Waals surface area (Å²) in [4.78, 5) is 4.54. The molecule has 0 saturated carbocycles. The number of hydrogen-bond donors (Lipinski definition) is 1. The summed E-state index contributed by atoms with van der Waals surface area (Å²) >= 11 is 0. The van der Waals surface area contributed by atoms with E-state index in [0.717, 1.165) is 30.9 Å². The van der Waals surface area contributed by atoms with Crippen LogP contribution >= 0.6 is 0 Å². The van der Waals surface area contributed by atoms with Crippen molar-refractivity contribution in [3.63, 3.8) is 0 Å². The molecule has 0 saturated heterocycles. The van der Waals surface area contributed by atoms with Crippen molar-refractivity contribution in [2.75, 3.05) is 5.32 Å². The maximum Gasteiger partial charge on any atom is 0.243 e. The lowest BCUT2D eigenvalue weighted by Gasteiger charge is -2.24. The molecule has 1 aliphatic rings. The first-order valence-electron chi connectivity index (χ1n) is 7.44. The van der Waals surface area contributed by atoms with Crippen LogP contribution in [0.3, 0.4) is 0 Å². The molecule has 0 fully saturated rings. The van der Waals surface area contributed by atoms with Crippen molar-refractivity contribution in [3.05, 3.63) is 59.3 Å². The Balaban J connectivity index is 1.55. The molecular weight excluding hydrogens is 260 g/mol. The van der Waals surface area contributed by atoms with Crippen molar-refractivity contribution in [2.45, 2.75) is 32.2 Å². The number of hydrogen-bond acceptors (Lipinski definition) is 3. The fourth-order valence-corrected chi connectivity index (χ4v) is 3.05. The van der Waals surface area contributed by atoms with Crippen molar-refractivity contribution in [3.8, 4) is 0 Å². The molecule has 1 aromatic carbocycles. The van der Waals surface area contributed by atoms with Gasteiger partial charge in [0, 0.05) is 12.2 Å². The first-order valence-corrected chi connectivity index (χ1v) is 7.44. The lowest BCUT2D eigenvalue weighted by atomic mass is 9.88. The molecule has 2 aromatic heterocycles. The van der Waals surface area contributed by atoms with E-state index in [1.807, 2.05) is 16.8 Å². The van der Waals surface area contributed by atoms with Crippen LogP contribution in [-0.2, 0) is 12.8 Å². The van der Waals surface area contributed by atoms with Gasteiger partial charge in [-0.25, -0.2) is 4.52 Å². The second-order valence-corrected chi connectivity index (χ2v) is 5.80. The second kappa shape index (κ2) is 4.88. The summed E-state index contributed by atoms with van der Waals surface area (Å²) in [6.45, 7) is 2.06. The number of rotatable bonds is 2. The Labute approximate surface area is 123 Å². The van der Waals surface area contributed by atoms with Gasteiger partial charge < -0.3 is 5.32 Å². The van der Waals surface area contributed by atoms with E-state index in [2.05, 4.69) is 52.7 Å². The highest BCUT2D eigenvalue weighted by Crippen LogP contribution is 2.23. The predicted octanol–water partition coefficient (Wildman–Crippen LogP) is 3.01. The van der Waals surface area contributed by atoms with E-state index < -0.39 is 0 Å². The fraction of sp³-hybridized carbons (Fsp3) is 0.294. The van der Waals surface area contributed by atoms with Gasteiger partial charge in [-0.2, -0.15) is 4.98 Å². The van der Waals surface area contributed by atoms with Gasteiger partial charge in [0.15, 0.2) is 5.65 Å². The predicted molar refractivity (Wildman–Crippen MR) is 83.6 cm³/mol. The van der Waals surface area contributed by atoms with Crippen molar-refractivity contribution in [1.82, 2.24) is 14.6 Å². The van der Waals surface area contributed by atoms with E-state index in [1.165, 1.54) is 16.7 Å². The van der Waals surface area contributed by atoms with Crippen molar-refractivity contribution in [2.24, 2.45) is 0 Å². The normalized spacial score (nSPS) is 17.7. The summed E-state index contributed by atoms with van der Waals surface area (Å²) in [6.07, 6.45) is 5.31. The van der Waals surface area contributed by atoms with Gasteiger partial charge in [-0.3, -0.25) is 0 Å². The van der Waals surface area contributed by atoms with Crippen molar-refractivity contribution in [1.29, 1.82) is 0 Å². The molecule has 0 aliphatic heterocycles. The third-order valence-corrected chi connectivity index (χ3v) is 4.16. The highest BCUT2D eigenvalue weighted by atomic mass is 15.3. The number of pyridine rings is 1. The minimum atomic E-state index is 0.415. The molecule has 1 unspecified atom stereocenters. The minimum absolute atomic E-state index is 0.415. The lowest BCUT2D eigenvalue weighted by Crippen LogP contribution is -2.27. The Hall–Kier alpha value is -2.36. The molecule has 0 bridgehead atoms. The number of fused-ring (bicyclic) bond motifs is 2. The Morgan fingerprint density at radius 1 is 1.14 bits per heavy atom. The van der Waals surface area contributed by atoms with Crippen molar-refractivity contribution < 1.29 is 0 Å². The molecule has 0 amide bonds. The molecule has 0 spiro atoms. The SMILES string of the molecule is Cc1ccc2nc(NC3CCc4ccccc4C3)nn2c1. The lowest BCUT2D eigenvalue weighted by molar-refractivity contribution is 0.606.